The van der Waals surface area contributed by atoms with E-state index < -0.39 is 27.0 Å². The first-order valence-electron chi connectivity index (χ1n) is 7.48. The Morgan fingerprint density at radius 1 is 1.33 bits per heavy atom. The van der Waals surface area contributed by atoms with Crippen molar-refractivity contribution < 1.29 is 18.0 Å². The van der Waals surface area contributed by atoms with Crippen molar-refractivity contribution >= 4 is 21.7 Å². The van der Waals surface area contributed by atoms with E-state index in [-0.39, 0.29) is 11.7 Å². The summed E-state index contributed by atoms with van der Waals surface area (Å²) in [5.41, 5.74) is 0. The van der Waals surface area contributed by atoms with Crippen LogP contribution in [0.5, 0.6) is 0 Å². The number of hydrogen-bond donors (Lipinski definition) is 2. The molecule has 0 spiro atoms. The van der Waals surface area contributed by atoms with Crippen molar-refractivity contribution in [2.45, 2.75) is 37.5 Å². The lowest BCUT2D eigenvalue weighted by Gasteiger charge is -2.37. The van der Waals surface area contributed by atoms with Crippen LogP contribution in [-0.2, 0) is 19.4 Å². The van der Waals surface area contributed by atoms with E-state index in [1.54, 1.807) is 0 Å². The molecule has 0 bridgehead atoms. The molecular formula is C13H23N3O4S. The average molecular weight is 317 g/mol. The largest absolute Gasteiger partial charge is 0.355 e. The number of nitrogens with one attached hydrogen (secondary N) is 2. The van der Waals surface area contributed by atoms with Gasteiger partial charge in [-0.1, -0.05) is 6.42 Å². The topological polar surface area (TPSA) is 95.6 Å². The zero-order chi connectivity index (χ0) is 15.5. The highest BCUT2D eigenvalue weighted by atomic mass is 32.2. The van der Waals surface area contributed by atoms with Gasteiger partial charge in [0.25, 0.3) is 0 Å². The van der Waals surface area contributed by atoms with Crippen molar-refractivity contribution in [1.29, 1.82) is 0 Å². The smallest absolute Gasteiger partial charge is 0.244 e. The van der Waals surface area contributed by atoms with Crippen LogP contribution < -0.4 is 10.6 Å². The maximum Gasteiger partial charge on any atom is 0.244 e. The molecule has 7 nitrogen and oxygen atoms in total. The highest BCUT2D eigenvalue weighted by Crippen LogP contribution is 2.22. The van der Waals surface area contributed by atoms with Crippen molar-refractivity contribution in [2.75, 3.05) is 31.9 Å². The van der Waals surface area contributed by atoms with Crippen LogP contribution in [0, 0.1) is 0 Å². The van der Waals surface area contributed by atoms with Gasteiger partial charge in [-0.15, -0.1) is 0 Å². The molecule has 2 unspecified atom stereocenters. The van der Waals surface area contributed by atoms with E-state index in [1.807, 2.05) is 6.92 Å². The van der Waals surface area contributed by atoms with Gasteiger partial charge in [0.2, 0.25) is 11.8 Å². The van der Waals surface area contributed by atoms with Crippen LogP contribution in [0.3, 0.4) is 0 Å². The number of amides is 2. The first-order valence-corrected chi connectivity index (χ1v) is 9.19. The third-order valence-corrected chi connectivity index (χ3v) is 6.20. The minimum atomic E-state index is -3.38. The predicted molar refractivity (Wildman–Crippen MR) is 78.5 cm³/mol. The fourth-order valence-corrected chi connectivity index (χ4v) is 4.77. The third kappa shape index (κ3) is 3.55. The molecule has 2 amide bonds. The summed E-state index contributed by atoms with van der Waals surface area (Å²) in [6.45, 7) is 3.61. The van der Waals surface area contributed by atoms with Crippen molar-refractivity contribution in [1.82, 2.24) is 15.5 Å². The van der Waals surface area contributed by atoms with Crippen LogP contribution in [-0.4, -0.2) is 68.4 Å². The molecule has 0 aromatic carbocycles. The summed E-state index contributed by atoms with van der Waals surface area (Å²) in [6.07, 6.45) is 1.73. The van der Waals surface area contributed by atoms with Gasteiger partial charge in [-0.2, -0.15) is 0 Å². The number of nitrogens with zero attached hydrogens (tertiary/aromatic N) is 1. The second kappa shape index (κ2) is 6.74. The summed E-state index contributed by atoms with van der Waals surface area (Å²) >= 11 is 0. The summed E-state index contributed by atoms with van der Waals surface area (Å²) in [5, 5.41) is 4.81. The Bertz CT molecular complexity index is 506. The molecule has 2 N–H and O–H groups in total. The second-order valence-electron chi connectivity index (χ2n) is 5.50. The summed E-state index contributed by atoms with van der Waals surface area (Å²) in [5.74, 6) is -0.569. The average Bonchev–Trinajstić information content (AvgIpc) is 2.46. The van der Waals surface area contributed by atoms with Crippen LogP contribution in [0.25, 0.3) is 0 Å². The van der Waals surface area contributed by atoms with Crippen LogP contribution >= 0.6 is 0 Å². The molecular weight excluding hydrogens is 294 g/mol. The number of carbonyl (C=O) groups is 2. The van der Waals surface area contributed by atoms with E-state index in [4.69, 9.17) is 0 Å². The van der Waals surface area contributed by atoms with Crippen LogP contribution in [0.1, 0.15) is 26.2 Å². The number of carbonyl (C=O) groups excluding carboxylic acids is 2. The monoisotopic (exact) mass is 317 g/mol. The van der Waals surface area contributed by atoms with Crippen molar-refractivity contribution in [3.63, 3.8) is 0 Å². The Hall–Kier alpha value is -1.15. The molecule has 0 aromatic rings. The molecule has 120 valence electrons. The van der Waals surface area contributed by atoms with Crippen molar-refractivity contribution in [2.24, 2.45) is 0 Å². The highest BCUT2D eigenvalue weighted by Gasteiger charge is 2.41. The van der Waals surface area contributed by atoms with Crippen LogP contribution in [0.2, 0.25) is 0 Å². The molecule has 2 aliphatic rings. The van der Waals surface area contributed by atoms with E-state index in [0.29, 0.717) is 39.0 Å². The number of sulfone groups is 1. The summed E-state index contributed by atoms with van der Waals surface area (Å²) in [7, 11) is -3.38. The highest BCUT2D eigenvalue weighted by molar-refractivity contribution is 7.92. The molecule has 2 fully saturated rings. The molecule has 0 aromatic heterocycles. The van der Waals surface area contributed by atoms with Gasteiger partial charge >= 0.3 is 0 Å². The molecule has 2 atom stereocenters. The Balaban J connectivity index is 2.16. The van der Waals surface area contributed by atoms with E-state index in [1.165, 1.54) is 4.90 Å². The fraction of sp³-hybridized carbons (Fsp3) is 0.846. The molecule has 0 radical (unpaired) electrons. The standard InChI is InChI=1S/C13H23N3O4S/c1-2-15-12(17)10-9-14-6-7-16(10)13(18)11-5-3-4-8-21(11,19)20/h10-11,14H,2-9H2,1H3,(H,15,17). The quantitative estimate of drug-likeness (QED) is 0.688. The van der Waals surface area contributed by atoms with Gasteiger partial charge in [0.05, 0.1) is 5.75 Å². The lowest BCUT2D eigenvalue weighted by Crippen LogP contribution is -2.62. The third-order valence-electron chi connectivity index (χ3n) is 4.03. The molecule has 2 heterocycles. The number of likely N-dealkylation sites (N-methyl/N-ethyl adjacent to an activating group) is 1. The van der Waals surface area contributed by atoms with Gasteiger partial charge in [0, 0.05) is 26.2 Å². The van der Waals surface area contributed by atoms with Crippen LogP contribution in [0.4, 0.5) is 0 Å². The Morgan fingerprint density at radius 2 is 2.10 bits per heavy atom. The Morgan fingerprint density at radius 3 is 2.76 bits per heavy atom. The molecule has 2 rings (SSSR count). The second-order valence-corrected chi connectivity index (χ2v) is 7.80. The first kappa shape index (κ1) is 16.2. The van der Waals surface area contributed by atoms with Gasteiger partial charge in [-0.05, 0) is 19.8 Å². The number of rotatable bonds is 3. The number of hydrogen-bond acceptors (Lipinski definition) is 5. The Labute approximate surface area is 125 Å². The normalized spacial score (nSPS) is 28.9. The van der Waals surface area contributed by atoms with E-state index >= 15 is 0 Å². The minimum Gasteiger partial charge on any atom is -0.355 e. The molecule has 2 saturated heterocycles. The van der Waals surface area contributed by atoms with E-state index in [0.717, 1.165) is 6.42 Å². The maximum absolute atomic E-state index is 12.6. The fourth-order valence-electron chi connectivity index (χ4n) is 2.91. The van der Waals surface area contributed by atoms with E-state index in [2.05, 4.69) is 10.6 Å². The minimum absolute atomic E-state index is 0.0708. The van der Waals surface area contributed by atoms with Crippen molar-refractivity contribution in [3.05, 3.63) is 0 Å². The molecule has 2 aliphatic heterocycles. The SMILES string of the molecule is CCNC(=O)C1CNCCN1C(=O)C1CCCCS1(=O)=O. The van der Waals surface area contributed by atoms with Gasteiger partial charge in [0.1, 0.15) is 11.3 Å². The molecule has 8 heteroatoms. The molecule has 0 saturated carbocycles. The van der Waals surface area contributed by atoms with Gasteiger partial charge in [0.15, 0.2) is 9.84 Å². The van der Waals surface area contributed by atoms with E-state index in [9.17, 15) is 18.0 Å². The summed E-state index contributed by atoms with van der Waals surface area (Å²) in [6, 6.07) is -0.622. The summed E-state index contributed by atoms with van der Waals surface area (Å²) < 4.78 is 24.2. The van der Waals surface area contributed by atoms with Gasteiger partial charge in [-0.3, -0.25) is 9.59 Å². The Kier molecular flexibility index (Phi) is 5.21. The molecule has 21 heavy (non-hydrogen) atoms. The maximum atomic E-state index is 12.6. The lowest BCUT2D eigenvalue weighted by atomic mass is 10.1. The predicted octanol–water partition coefficient (Wildman–Crippen LogP) is -1.11. The van der Waals surface area contributed by atoms with Crippen molar-refractivity contribution in [3.8, 4) is 0 Å². The zero-order valence-corrected chi connectivity index (χ0v) is 13.1. The van der Waals surface area contributed by atoms with Gasteiger partial charge in [-0.25, -0.2) is 8.42 Å². The molecule has 0 aliphatic carbocycles. The number of piperazine rings is 1. The zero-order valence-electron chi connectivity index (χ0n) is 12.3. The lowest BCUT2D eigenvalue weighted by molar-refractivity contribution is -0.141. The van der Waals surface area contributed by atoms with Crippen LogP contribution in [0.15, 0.2) is 0 Å². The first-order chi connectivity index (χ1) is 9.97. The summed E-state index contributed by atoms with van der Waals surface area (Å²) in [4.78, 5) is 26.1. The van der Waals surface area contributed by atoms with Gasteiger partial charge < -0.3 is 15.5 Å².